The maximum atomic E-state index is 5.99. The van der Waals surface area contributed by atoms with Gasteiger partial charge in [-0.1, -0.05) is 11.6 Å². The molecule has 0 bridgehead atoms. The summed E-state index contributed by atoms with van der Waals surface area (Å²) in [6.45, 7) is 0.790. The minimum Gasteiger partial charge on any atom is -0.355 e. The minimum absolute atomic E-state index is 0.419. The molecule has 0 spiro atoms. The molecule has 18 heavy (non-hydrogen) atoms. The number of hydrogen-bond acceptors (Lipinski definition) is 5. The van der Waals surface area contributed by atoms with Crippen LogP contribution in [0, 0.1) is 0 Å². The Morgan fingerprint density at radius 3 is 3.17 bits per heavy atom. The number of nitrogens with zero attached hydrogens (tertiary/aromatic N) is 5. The van der Waals surface area contributed by atoms with Gasteiger partial charge in [-0.2, -0.15) is 30.9 Å². The first-order valence-corrected chi connectivity index (χ1v) is 6.64. The normalized spacial score (nSPS) is 11.0. The third kappa shape index (κ3) is 2.04. The molecule has 3 aromatic rings. The summed E-state index contributed by atoms with van der Waals surface area (Å²) in [5.41, 5.74) is 1.25. The van der Waals surface area contributed by atoms with Crippen molar-refractivity contribution in [3.8, 4) is 0 Å². The third-order valence-corrected chi connectivity index (χ3v) is 3.52. The second kappa shape index (κ2) is 4.55. The van der Waals surface area contributed by atoms with Crippen LogP contribution in [0.25, 0.3) is 5.78 Å². The average Bonchev–Trinajstić information content (AvgIpc) is 2.97. The van der Waals surface area contributed by atoms with Crippen molar-refractivity contribution in [2.45, 2.75) is 6.54 Å². The van der Waals surface area contributed by atoms with Gasteiger partial charge in [-0.05, 0) is 22.4 Å². The van der Waals surface area contributed by atoms with Crippen molar-refractivity contribution in [1.82, 2.24) is 19.6 Å². The number of anilines is 1. The molecule has 0 atom stereocenters. The molecule has 3 heterocycles. The molecule has 0 unspecified atom stereocenters. The predicted molar refractivity (Wildman–Crippen MR) is 72.2 cm³/mol. The first-order chi connectivity index (χ1) is 8.74. The van der Waals surface area contributed by atoms with Crippen LogP contribution < -0.4 is 4.90 Å². The molecule has 0 aliphatic carbocycles. The van der Waals surface area contributed by atoms with Crippen LogP contribution >= 0.6 is 22.9 Å². The SMILES string of the molecule is CN(Cc1ccsc1)c1cc(Cl)nc2ncnn12. The quantitative estimate of drug-likeness (QED) is 0.691. The van der Waals surface area contributed by atoms with Crippen molar-refractivity contribution < 1.29 is 0 Å². The zero-order chi connectivity index (χ0) is 12.5. The van der Waals surface area contributed by atoms with Crippen LogP contribution in [0.5, 0.6) is 0 Å². The Morgan fingerprint density at radius 2 is 2.39 bits per heavy atom. The molecule has 5 nitrogen and oxygen atoms in total. The second-order valence-electron chi connectivity index (χ2n) is 3.90. The summed E-state index contributed by atoms with van der Waals surface area (Å²) in [5, 5.41) is 8.76. The van der Waals surface area contributed by atoms with Crippen LogP contribution in [0.4, 0.5) is 5.82 Å². The predicted octanol–water partition coefficient (Wildman–Crippen LogP) is 2.48. The van der Waals surface area contributed by atoms with E-state index in [9.17, 15) is 0 Å². The molecule has 0 saturated carbocycles. The third-order valence-electron chi connectivity index (χ3n) is 2.59. The summed E-state index contributed by atoms with van der Waals surface area (Å²) in [6, 6.07) is 3.89. The van der Waals surface area contributed by atoms with Crippen LogP contribution in [0.2, 0.25) is 5.15 Å². The maximum absolute atomic E-state index is 5.99. The van der Waals surface area contributed by atoms with Crippen molar-refractivity contribution in [2.24, 2.45) is 0 Å². The summed E-state index contributed by atoms with van der Waals surface area (Å²) in [4.78, 5) is 10.2. The zero-order valence-electron chi connectivity index (χ0n) is 9.62. The van der Waals surface area contributed by atoms with Gasteiger partial charge in [0, 0.05) is 19.7 Å². The number of fused-ring (bicyclic) bond motifs is 1. The molecule has 0 radical (unpaired) electrons. The van der Waals surface area contributed by atoms with Gasteiger partial charge in [0.05, 0.1) is 0 Å². The lowest BCUT2D eigenvalue weighted by Crippen LogP contribution is -2.19. The first-order valence-electron chi connectivity index (χ1n) is 5.32. The van der Waals surface area contributed by atoms with Crippen molar-refractivity contribution in [2.75, 3.05) is 11.9 Å². The Bertz CT molecular complexity index is 663. The Hall–Kier alpha value is -1.66. The van der Waals surface area contributed by atoms with E-state index in [1.807, 2.05) is 7.05 Å². The molecule has 3 rings (SSSR count). The Balaban J connectivity index is 2.00. The van der Waals surface area contributed by atoms with Crippen LogP contribution in [0.15, 0.2) is 29.2 Å². The molecule has 3 aromatic heterocycles. The topological polar surface area (TPSA) is 46.3 Å². The molecule has 0 fully saturated rings. The first kappa shape index (κ1) is 11.4. The molecule has 0 aliphatic rings. The number of aromatic nitrogens is 4. The largest absolute Gasteiger partial charge is 0.355 e. The zero-order valence-corrected chi connectivity index (χ0v) is 11.2. The van der Waals surface area contributed by atoms with Crippen LogP contribution in [-0.2, 0) is 6.54 Å². The molecule has 0 amide bonds. The van der Waals surface area contributed by atoms with Gasteiger partial charge in [0.2, 0.25) is 0 Å². The van der Waals surface area contributed by atoms with Gasteiger partial charge in [0.1, 0.15) is 17.3 Å². The van der Waals surface area contributed by atoms with Crippen molar-refractivity contribution in [3.63, 3.8) is 0 Å². The fourth-order valence-electron chi connectivity index (χ4n) is 1.78. The van der Waals surface area contributed by atoms with Gasteiger partial charge >= 0.3 is 0 Å². The number of halogens is 1. The number of hydrogen-bond donors (Lipinski definition) is 0. The van der Waals surface area contributed by atoms with E-state index in [4.69, 9.17) is 11.6 Å². The van der Waals surface area contributed by atoms with Gasteiger partial charge in [-0.15, -0.1) is 0 Å². The van der Waals surface area contributed by atoms with E-state index in [1.165, 1.54) is 11.9 Å². The van der Waals surface area contributed by atoms with Gasteiger partial charge in [0.25, 0.3) is 5.78 Å². The molecular weight excluding hydrogens is 270 g/mol. The van der Waals surface area contributed by atoms with E-state index in [0.29, 0.717) is 10.9 Å². The summed E-state index contributed by atoms with van der Waals surface area (Å²) < 4.78 is 1.68. The van der Waals surface area contributed by atoms with E-state index in [2.05, 4.69) is 36.8 Å². The lowest BCUT2D eigenvalue weighted by molar-refractivity contribution is 0.834. The minimum atomic E-state index is 0.419. The summed E-state index contributed by atoms with van der Waals surface area (Å²) >= 11 is 7.68. The van der Waals surface area contributed by atoms with Gasteiger partial charge in [-0.3, -0.25) is 0 Å². The highest BCUT2D eigenvalue weighted by Crippen LogP contribution is 2.20. The fraction of sp³-hybridized carbons (Fsp3) is 0.182. The highest BCUT2D eigenvalue weighted by Gasteiger charge is 2.11. The molecular formula is C11H10ClN5S. The molecule has 0 aliphatic heterocycles. The lowest BCUT2D eigenvalue weighted by atomic mass is 10.3. The highest BCUT2D eigenvalue weighted by molar-refractivity contribution is 7.07. The Labute approximate surface area is 113 Å². The van der Waals surface area contributed by atoms with E-state index in [-0.39, 0.29) is 0 Å². The van der Waals surface area contributed by atoms with Crippen LogP contribution in [0.3, 0.4) is 0 Å². The second-order valence-corrected chi connectivity index (χ2v) is 5.06. The van der Waals surface area contributed by atoms with Gasteiger partial charge in [0.15, 0.2) is 0 Å². The Morgan fingerprint density at radius 1 is 1.50 bits per heavy atom. The van der Waals surface area contributed by atoms with E-state index in [1.54, 1.807) is 21.9 Å². The smallest absolute Gasteiger partial charge is 0.255 e. The van der Waals surface area contributed by atoms with E-state index >= 15 is 0 Å². The number of rotatable bonds is 3. The lowest BCUT2D eigenvalue weighted by Gasteiger charge is -2.19. The van der Waals surface area contributed by atoms with Gasteiger partial charge < -0.3 is 4.90 Å². The van der Waals surface area contributed by atoms with E-state index < -0.39 is 0 Å². The summed E-state index contributed by atoms with van der Waals surface area (Å²) in [7, 11) is 1.99. The number of thiophene rings is 1. The van der Waals surface area contributed by atoms with Crippen molar-refractivity contribution in [3.05, 3.63) is 39.9 Å². The average molecular weight is 280 g/mol. The standard InChI is InChI=1S/C11H10ClN5S/c1-16(5-8-2-3-18-6-8)10-4-9(12)15-11-13-7-14-17(10)11/h2-4,6-7H,5H2,1H3. The molecule has 92 valence electrons. The summed E-state index contributed by atoms with van der Waals surface area (Å²) in [5.74, 6) is 1.38. The van der Waals surface area contributed by atoms with Crippen LogP contribution in [0.1, 0.15) is 5.56 Å². The van der Waals surface area contributed by atoms with Crippen molar-refractivity contribution >= 4 is 34.5 Å². The van der Waals surface area contributed by atoms with Crippen molar-refractivity contribution in [1.29, 1.82) is 0 Å². The van der Waals surface area contributed by atoms with E-state index in [0.717, 1.165) is 12.4 Å². The Kier molecular flexibility index (Phi) is 2.89. The monoisotopic (exact) mass is 279 g/mol. The van der Waals surface area contributed by atoms with Gasteiger partial charge in [-0.25, -0.2) is 0 Å². The van der Waals surface area contributed by atoms with Crippen LogP contribution in [-0.4, -0.2) is 26.6 Å². The molecule has 7 heteroatoms. The maximum Gasteiger partial charge on any atom is 0.255 e. The fourth-order valence-corrected chi connectivity index (χ4v) is 2.61. The molecule has 0 aromatic carbocycles. The highest BCUT2D eigenvalue weighted by atomic mass is 35.5. The summed E-state index contributed by atoms with van der Waals surface area (Å²) in [6.07, 6.45) is 1.47. The molecule has 0 saturated heterocycles. The molecule has 0 N–H and O–H groups in total.